The van der Waals surface area contributed by atoms with Crippen LogP contribution in [-0.2, 0) is 9.53 Å². The fourth-order valence-corrected chi connectivity index (χ4v) is 5.91. The van der Waals surface area contributed by atoms with Crippen molar-refractivity contribution >= 4 is 12.0 Å². The minimum Gasteiger partial charge on any atom is -0.447 e. The summed E-state index contributed by atoms with van der Waals surface area (Å²) in [4.78, 5) is 26.0. The highest BCUT2D eigenvalue weighted by Crippen LogP contribution is 2.57. The van der Waals surface area contributed by atoms with Gasteiger partial charge in [0.2, 0.25) is 5.91 Å². The summed E-state index contributed by atoms with van der Waals surface area (Å²) < 4.78 is 5.00. The van der Waals surface area contributed by atoms with Crippen LogP contribution < -0.4 is 5.32 Å². The van der Waals surface area contributed by atoms with E-state index in [9.17, 15) is 9.59 Å². The predicted octanol–water partition coefficient (Wildman–Crippen LogP) is 3.16. The molecule has 2 spiro atoms. The number of carbonyl (C=O) groups is 2. The average molecular weight is 366 g/mol. The molecule has 0 aromatic heterocycles. The van der Waals surface area contributed by atoms with E-state index < -0.39 is 0 Å². The van der Waals surface area contributed by atoms with E-state index in [1.807, 2.05) is 4.90 Å². The smallest absolute Gasteiger partial charge is 0.407 e. The SMILES string of the molecule is O=C1NC2(CO1)CC(C(=O)N1CC3(CC(c4cccc(C5CC5)c4)C3)C1)C2. The molecule has 3 aliphatic carbocycles. The van der Waals surface area contributed by atoms with Crippen molar-refractivity contribution < 1.29 is 14.3 Å². The van der Waals surface area contributed by atoms with E-state index in [1.54, 1.807) is 0 Å². The number of hydrogen-bond donors (Lipinski definition) is 1. The number of likely N-dealkylation sites (tertiary alicyclic amines) is 1. The number of nitrogens with one attached hydrogen (secondary N) is 1. The molecule has 5 heteroatoms. The standard InChI is InChI=1S/C22H26N2O3/c25-19(18-9-22(10-18)13-27-20(26)23-22)24-11-21(12-24)7-17(8-21)16-3-1-2-15(6-16)14-4-5-14/h1-3,6,14,17-18H,4-5,7-13H2,(H,23,26). The number of benzene rings is 1. The van der Waals surface area contributed by atoms with Crippen molar-refractivity contribution in [1.29, 1.82) is 0 Å². The van der Waals surface area contributed by atoms with Gasteiger partial charge in [-0.1, -0.05) is 24.3 Å². The third-order valence-electron chi connectivity index (χ3n) is 7.62. The summed E-state index contributed by atoms with van der Waals surface area (Å²) in [6, 6.07) is 9.23. The van der Waals surface area contributed by atoms with Crippen molar-refractivity contribution in [3.05, 3.63) is 35.4 Å². The van der Waals surface area contributed by atoms with Crippen molar-refractivity contribution in [3.8, 4) is 0 Å². The lowest BCUT2D eigenvalue weighted by Gasteiger charge is -2.60. The van der Waals surface area contributed by atoms with Crippen molar-refractivity contribution in [3.63, 3.8) is 0 Å². The molecule has 5 nitrogen and oxygen atoms in total. The van der Waals surface area contributed by atoms with Gasteiger partial charge in [0.1, 0.15) is 6.61 Å². The summed E-state index contributed by atoms with van der Waals surface area (Å²) in [7, 11) is 0. The second-order valence-corrected chi connectivity index (χ2v) is 9.83. The van der Waals surface area contributed by atoms with Gasteiger partial charge in [-0.25, -0.2) is 4.79 Å². The molecule has 0 atom stereocenters. The van der Waals surface area contributed by atoms with Crippen LogP contribution in [0.15, 0.2) is 24.3 Å². The van der Waals surface area contributed by atoms with Crippen molar-refractivity contribution in [2.45, 2.75) is 55.9 Å². The zero-order valence-corrected chi connectivity index (χ0v) is 15.6. The first-order valence-corrected chi connectivity index (χ1v) is 10.4. The summed E-state index contributed by atoms with van der Waals surface area (Å²) in [6.45, 7) is 2.27. The van der Waals surface area contributed by atoms with Crippen LogP contribution in [0.25, 0.3) is 0 Å². The Morgan fingerprint density at radius 1 is 1.07 bits per heavy atom. The number of ether oxygens (including phenoxy) is 1. The quantitative estimate of drug-likeness (QED) is 0.894. The summed E-state index contributed by atoms with van der Waals surface area (Å²) in [5.74, 6) is 1.84. The normalized spacial score (nSPS) is 28.3. The van der Waals surface area contributed by atoms with Crippen LogP contribution in [0.4, 0.5) is 4.79 Å². The first kappa shape index (κ1) is 16.0. The highest BCUT2D eigenvalue weighted by molar-refractivity contribution is 5.82. The molecule has 2 amide bonds. The van der Waals surface area contributed by atoms with E-state index in [2.05, 4.69) is 29.6 Å². The van der Waals surface area contributed by atoms with E-state index in [-0.39, 0.29) is 23.5 Å². The minimum atomic E-state index is -0.338. The Labute approximate surface area is 159 Å². The van der Waals surface area contributed by atoms with E-state index in [0.29, 0.717) is 17.9 Å². The molecule has 5 fully saturated rings. The lowest BCUT2D eigenvalue weighted by Crippen LogP contribution is -2.66. The molecule has 0 bridgehead atoms. The molecule has 1 N–H and O–H groups in total. The van der Waals surface area contributed by atoms with E-state index in [0.717, 1.165) is 31.8 Å². The molecule has 1 aromatic carbocycles. The summed E-state index contributed by atoms with van der Waals surface area (Å²) in [5, 5.41) is 2.87. The van der Waals surface area contributed by atoms with Crippen molar-refractivity contribution in [2.24, 2.45) is 11.3 Å². The van der Waals surface area contributed by atoms with Gasteiger partial charge < -0.3 is 15.0 Å². The fraction of sp³-hybridized carbons (Fsp3) is 0.636. The molecule has 2 saturated heterocycles. The number of rotatable bonds is 3. The molecule has 5 aliphatic rings. The van der Waals surface area contributed by atoms with Crippen LogP contribution in [-0.4, -0.2) is 42.1 Å². The largest absolute Gasteiger partial charge is 0.447 e. The zero-order chi connectivity index (χ0) is 18.2. The van der Waals surface area contributed by atoms with Gasteiger partial charge >= 0.3 is 6.09 Å². The number of alkyl carbamates (subject to hydrolysis) is 1. The Morgan fingerprint density at radius 3 is 2.41 bits per heavy atom. The molecule has 2 heterocycles. The van der Waals surface area contributed by atoms with Crippen LogP contribution in [0.2, 0.25) is 0 Å². The summed E-state index contributed by atoms with van der Waals surface area (Å²) in [6.07, 6.45) is 6.29. The van der Waals surface area contributed by atoms with Gasteiger partial charge in [0.25, 0.3) is 0 Å². The number of amides is 2. The highest BCUT2D eigenvalue weighted by atomic mass is 16.6. The third kappa shape index (κ3) is 2.50. The van der Waals surface area contributed by atoms with Gasteiger partial charge in [-0.3, -0.25) is 4.79 Å². The summed E-state index contributed by atoms with van der Waals surface area (Å²) >= 11 is 0. The van der Waals surface area contributed by atoms with Gasteiger partial charge in [0.05, 0.1) is 5.54 Å². The lowest BCUT2D eigenvalue weighted by atomic mass is 9.55. The van der Waals surface area contributed by atoms with Crippen LogP contribution >= 0.6 is 0 Å². The maximum atomic E-state index is 12.7. The Balaban J connectivity index is 1.01. The highest BCUT2D eigenvalue weighted by Gasteiger charge is 2.58. The predicted molar refractivity (Wildman–Crippen MR) is 99.3 cm³/mol. The molecule has 6 rings (SSSR count). The third-order valence-corrected chi connectivity index (χ3v) is 7.62. The van der Waals surface area contributed by atoms with Gasteiger partial charge in [0.15, 0.2) is 0 Å². The van der Waals surface area contributed by atoms with Crippen LogP contribution in [0.3, 0.4) is 0 Å². The Hall–Kier alpha value is -2.04. The molecule has 2 aliphatic heterocycles. The molecule has 1 aromatic rings. The molecule has 142 valence electrons. The molecule has 27 heavy (non-hydrogen) atoms. The lowest BCUT2D eigenvalue weighted by molar-refractivity contribution is -0.161. The Kier molecular flexibility index (Phi) is 3.12. The van der Waals surface area contributed by atoms with E-state index in [1.165, 1.54) is 36.8 Å². The monoisotopic (exact) mass is 366 g/mol. The Morgan fingerprint density at radius 2 is 1.78 bits per heavy atom. The first-order chi connectivity index (χ1) is 13.0. The molecule has 0 radical (unpaired) electrons. The van der Waals surface area contributed by atoms with E-state index >= 15 is 0 Å². The van der Waals surface area contributed by atoms with Crippen LogP contribution in [0.1, 0.15) is 61.5 Å². The zero-order valence-electron chi connectivity index (χ0n) is 15.6. The number of cyclic esters (lactones) is 1. The Bertz CT molecular complexity index is 811. The maximum absolute atomic E-state index is 12.7. The topological polar surface area (TPSA) is 58.6 Å². The molecular formula is C22H26N2O3. The fourth-order valence-electron chi connectivity index (χ4n) is 5.91. The number of nitrogens with zero attached hydrogens (tertiary/aromatic N) is 1. The van der Waals surface area contributed by atoms with Crippen molar-refractivity contribution in [1.82, 2.24) is 10.2 Å². The number of hydrogen-bond acceptors (Lipinski definition) is 3. The van der Waals surface area contributed by atoms with Gasteiger partial charge in [-0.15, -0.1) is 0 Å². The molecule has 0 unspecified atom stereocenters. The second-order valence-electron chi connectivity index (χ2n) is 9.83. The first-order valence-electron chi connectivity index (χ1n) is 10.4. The summed E-state index contributed by atoms with van der Waals surface area (Å²) in [5.41, 5.74) is 3.16. The second kappa shape index (κ2) is 5.27. The minimum absolute atomic E-state index is 0.0652. The molecular weight excluding hydrogens is 340 g/mol. The van der Waals surface area contributed by atoms with E-state index in [4.69, 9.17) is 4.74 Å². The number of carbonyl (C=O) groups excluding carboxylic acids is 2. The molecule has 3 saturated carbocycles. The van der Waals surface area contributed by atoms with Crippen molar-refractivity contribution in [2.75, 3.05) is 19.7 Å². The van der Waals surface area contributed by atoms with Crippen LogP contribution in [0, 0.1) is 11.3 Å². The van der Waals surface area contributed by atoms with Gasteiger partial charge in [0, 0.05) is 24.4 Å². The average Bonchev–Trinajstić information content (AvgIpc) is 3.33. The van der Waals surface area contributed by atoms with Gasteiger partial charge in [-0.05, 0) is 61.5 Å². The van der Waals surface area contributed by atoms with Crippen LogP contribution in [0.5, 0.6) is 0 Å². The van der Waals surface area contributed by atoms with Gasteiger partial charge in [-0.2, -0.15) is 0 Å². The maximum Gasteiger partial charge on any atom is 0.407 e.